The van der Waals surface area contributed by atoms with Crippen molar-refractivity contribution in [2.75, 3.05) is 5.75 Å². The topological polar surface area (TPSA) is 31.5 Å². The summed E-state index contributed by atoms with van der Waals surface area (Å²) in [7, 11) is 0. The van der Waals surface area contributed by atoms with Crippen LogP contribution in [0.1, 0.15) is 39.5 Å². The first-order valence-electron chi connectivity index (χ1n) is 3.96. The van der Waals surface area contributed by atoms with Crippen molar-refractivity contribution in [2.24, 2.45) is 5.92 Å². The van der Waals surface area contributed by atoms with Gasteiger partial charge in [-0.05, 0) is 18.1 Å². The predicted octanol–water partition coefficient (Wildman–Crippen LogP) is 2.31. The van der Waals surface area contributed by atoms with Crippen LogP contribution in [0.25, 0.3) is 0 Å². The van der Waals surface area contributed by atoms with Crippen molar-refractivity contribution in [1.29, 1.82) is 0 Å². The maximum Gasteiger partial charge on any atom is -0.00696 e. The van der Waals surface area contributed by atoms with Crippen LogP contribution in [0.4, 0.5) is 0 Å². The lowest BCUT2D eigenvalue weighted by atomic mass is 10.0. The van der Waals surface area contributed by atoms with Crippen molar-refractivity contribution in [3.8, 4) is 0 Å². The summed E-state index contributed by atoms with van der Waals surface area (Å²) in [5.74, 6) is 1.93. The fraction of sp³-hybridized carbons (Fsp3) is 1.00. The minimum absolute atomic E-state index is 0. The molecule has 0 spiro atoms. The van der Waals surface area contributed by atoms with E-state index in [1.807, 2.05) is 0 Å². The first-order valence-corrected chi connectivity index (χ1v) is 4.59. The van der Waals surface area contributed by atoms with Gasteiger partial charge in [0.2, 0.25) is 0 Å². The van der Waals surface area contributed by atoms with Crippen LogP contribution in [0.15, 0.2) is 0 Å². The predicted molar refractivity (Wildman–Crippen MR) is 50.8 cm³/mol. The molecule has 0 aromatic heterocycles. The second-order valence-electron chi connectivity index (χ2n) is 2.60. The van der Waals surface area contributed by atoms with Crippen LogP contribution in [0.2, 0.25) is 0 Å². The van der Waals surface area contributed by atoms with Gasteiger partial charge in [0.15, 0.2) is 0 Å². The van der Waals surface area contributed by atoms with E-state index in [2.05, 4.69) is 26.5 Å². The van der Waals surface area contributed by atoms with E-state index in [0.717, 1.165) is 11.7 Å². The van der Waals surface area contributed by atoms with Gasteiger partial charge in [-0.3, -0.25) is 0 Å². The van der Waals surface area contributed by atoms with Gasteiger partial charge in [0, 0.05) is 0 Å². The summed E-state index contributed by atoms with van der Waals surface area (Å²) in [6.45, 7) is 4.49. The highest BCUT2D eigenvalue weighted by Crippen LogP contribution is 2.12. The van der Waals surface area contributed by atoms with Gasteiger partial charge in [0.05, 0.1) is 0 Å². The lowest BCUT2D eigenvalue weighted by molar-refractivity contribution is 0.500. The van der Waals surface area contributed by atoms with Crippen LogP contribution in [0, 0.1) is 5.92 Å². The summed E-state index contributed by atoms with van der Waals surface area (Å²) in [5, 5.41) is 0. The van der Waals surface area contributed by atoms with Gasteiger partial charge in [0.25, 0.3) is 0 Å². The summed E-state index contributed by atoms with van der Waals surface area (Å²) < 4.78 is 0. The second-order valence-corrected chi connectivity index (χ2v) is 2.96. The monoisotopic (exact) mass is 164 g/mol. The Morgan fingerprint density at radius 3 is 2.20 bits per heavy atom. The third kappa shape index (κ3) is 6.43. The van der Waals surface area contributed by atoms with E-state index in [9.17, 15) is 0 Å². The highest BCUT2D eigenvalue weighted by Gasteiger charge is 2.00. The standard InChI is InChI=1S/C8H18S.H2O/c1-3-5-6-8(4-2)7-9;/h8-9H,3-7H2,1-2H3;1H2. The minimum atomic E-state index is 0. The normalized spacial score (nSPS) is 12.3. The van der Waals surface area contributed by atoms with E-state index in [4.69, 9.17) is 0 Å². The van der Waals surface area contributed by atoms with Crippen LogP contribution in [-0.4, -0.2) is 11.2 Å². The molecule has 0 amide bonds. The number of rotatable bonds is 5. The number of hydrogen-bond acceptors (Lipinski definition) is 1. The van der Waals surface area contributed by atoms with Gasteiger partial charge in [-0.2, -0.15) is 12.6 Å². The molecule has 0 bridgehead atoms. The molecule has 0 aromatic carbocycles. The van der Waals surface area contributed by atoms with Crippen LogP contribution in [-0.2, 0) is 0 Å². The average molecular weight is 164 g/mol. The summed E-state index contributed by atoms with van der Waals surface area (Å²) in [6, 6.07) is 0. The summed E-state index contributed by atoms with van der Waals surface area (Å²) >= 11 is 4.27. The minimum Gasteiger partial charge on any atom is -0.412 e. The van der Waals surface area contributed by atoms with Gasteiger partial charge in [0.1, 0.15) is 0 Å². The van der Waals surface area contributed by atoms with Gasteiger partial charge < -0.3 is 5.48 Å². The molecule has 0 rings (SSSR count). The Morgan fingerprint density at radius 2 is 1.90 bits per heavy atom. The zero-order chi connectivity index (χ0) is 7.11. The van der Waals surface area contributed by atoms with E-state index in [0.29, 0.717) is 0 Å². The molecule has 0 saturated heterocycles. The van der Waals surface area contributed by atoms with Gasteiger partial charge in [-0.25, -0.2) is 0 Å². The highest BCUT2D eigenvalue weighted by molar-refractivity contribution is 7.80. The quantitative estimate of drug-likeness (QED) is 0.605. The first kappa shape index (κ1) is 12.9. The Morgan fingerprint density at radius 1 is 1.30 bits per heavy atom. The van der Waals surface area contributed by atoms with Crippen LogP contribution < -0.4 is 0 Å². The molecular formula is C8H20OS. The molecule has 1 atom stereocenters. The Hall–Kier alpha value is 0.310. The van der Waals surface area contributed by atoms with E-state index in [1.165, 1.54) is 25.7 Å². The molecular weight excluding hydrogens is 144 g/mol. The van der Waals surface area contributed by atoms with Crippen molar-refractivity contribution in [2.45, 2.75) is 39.5 Å². The Kier molecular flexibility index (Phi) is 12.0. The number of thiol groups is 1. The smallest absolute Gasteiger partial charge is 0.00696 e. The van der Waals surface area contributed by atoms with E-state index in [-0.39, 0.29) is 5.48 Å². The molecule has 0 saturated carbocycles. The fourth-order valence-corrected chi connectivity index (χ4v) is 1.36. The molecule has 1 nitrogen and oxygen atoms in total. The zero-order valence-corrected chi connectivity index (χ0v) is 7.95. The summed E-state index contributed by atoms with van der Waals surface area (Å²) in [5.41, 5.74) is 0. The largest absolute Gasteiger partial charge is 0.412 e. The molecule has 2 N–H and O–H groups in total. The molecule has 2 heteroatoms. The van der Waals surface area contributed by atoms with Crippen molar-refractivity contribution in [3.63, 3.8) is 0 Å². The van der Waals surface area contributed by atoms with E-state index >= 15 is 0 Å². The van der Waals surface area contributed by atoms with Crippen LogP contribution in [0.3, 0.4) is 0 Å². The number of hydrogen-bond donors (Lipinski definition) is 1. The Bertz CT molecular complexity index is 53.2. The van der Waals surface area contributed by atoms with Crippen molar-refractivity contribution < 1.29 is 5.48 Å². The van der Waals surface area contributed by atoms with Gasteiger partial charge >= 0.3 is 0 Å². The van der Waals surface area contributed by atoms with Crippen LogP contribution >= 0.6 is 12.6 Å². The average Bonchev–Trinajstić information content (AvgIpc) is 1.91. The van der Waals surface area contributed by atoms with Crippen molar-refractivity contribution >= 4 is 12.6 Å². The lowest BCUT2D eigenvalue weighted by Crippen LogP contribution is -1.99. The van der Waals surface area contributed by atoms with Gasteiger partial charge in [-0.15, -0.1) is 0 Å². The second kappa shape index (κ2) is 9.31. The molecule has 0 radical (unpaired) electrons. The SMILES string of the molecule is CCCCC(CC)CS.O. The molecule has 1 unspecified atom stereocenters. The lowest BCUT2D eigenvalue weighted by Gasteiger charge is -2.09. The fourth-order valence-electron chi connectivity index (χ4n) is 0.917. The zero-order valence-electron chi connectivity index (χ0n) is 7.06. The maximum absolute atomic E-state index is 4.27. The molecule has 10 heavy (non-hydrogen) atoms. The van der Waals surface area contributed by atoms with Crippen LogP contribution in [0.5, 0.6) is 0 Å². The Labute approximate surface area is 69.9 Å². The third-order valence-corrected chi connectivity index (χ3v) is 2.32. The van der Waals surface area contributed by atoms with E-state index < -0.39 is 0 Å². The number of unbranched alkanes of at least 4 members (excludes halogenated alkanes) is 1. The molecule has 64 valence electrons. The van der Waals surface area contributed by atoms with Crippen molar-refractivity contribution in [3.05, 3.63) is 0 Å². The highest BCUT2D eigenvalue weighted by atomic mass is 32.1. The van der Waals surface area contributed by atoms with Crippen molar-refractivity contribution in [1.82, 2.24) is 0 Å². The summed E-state index contributed by atoms with van der Waals surface area (Å²) in [6.07, 6.45) is 5.36. The maximum atomic E-state index is 4.27. The molecule has 0 aromatic rings. The summed E-state index contributed by atoms with van der Waals surface area (Å²) in [4.78, 5) is 0. The van der Waals surface area contributed by atoms with Gasteiger partial charge in [-0.1, -0.05) is 33.1 Å². The Balaban J connectivity index is 0. The molecule has 0 aliphatic heterocycles. The van der Waals surface area contributed by atoms with E-state index in [1.54, 1.807) is 0 Å². The third-order valence-electron chi connectivity index (χ3n) is 1.80. The molecule has 0 aliphatic carbocycles. The first-order chi connectivity index (χ1) is 4.35. The molecule has 0 heterocycles. The molecule has 0 aliphatic rings. The molecule has 0 fully saturated rings.